The zero-order valence-corrected chi connectivity index (χ0v) is 8.04. The zero-order valence-electron chi connectivity index (χ0n) is 8.04. The molecule has 1 aromatic carbocycles. The second kappa shape index (κ2) is 2.71. The zero-order chi connectivity index (χ0) is 9.47. The van der Waals surface area contributed by atoms with E-state index in [0.29, 0.717) is 0 Å². The van der Waals surface area contributed by atoms with Gasteiger partial charge in [-0.2, -0.15) is 0 Å². The van der Waals surface area contributed by atoms with E-state index in [1.165, 1.54) is 11.1 Å². The average molecular weight is 174 g/mol. The molecule has 1 aromatic rings. The minimum absolute atomic E-state index is 0.725. The summed E-state index contributed by atoms with van der Waals surface area (Å²) in [5.41, 5.74) is 2.88. The van der Waals surface area contributed by atoms with Gasteiger partial charge in [0.2, 0.25) is 0 Å². The van der Waals surface area contributed by atoms with E-state index in [0.717, 1.165) is 12.0 Å². The lowest BCUT2D eigenvalue weighted by atomic mass is 9.95. The second-order valence-corrected chi connectivity index (χ2v) is 4.08. The van der Waals surface area contributed by atoms with Crippen molar-refractivity contribution in [3.8, 4) is 0 Å². The lowest BCUT2D eigenvalue weighted by Crippen LogP contribution is -2.15. The van der Waals surface area contributed by atoms with Crippen molar-refractivity contribution in [3.63, 3.8) is 0 Å². The largest absolute Gasteiger partial charge is 0.386 e. The van der Waals surface area contributed by atoms with Crippen molar-refractivity contribution in [1.29, 1.82) is 0 Å². The van der Waals surface area contributed by atoms with E-state index in [-0.39, 0.29) is 0 Å². The standard InChI is InChI=1S/C12H14O/c1-12(2,13)11-7-6-9-4-3-5-10(9)8-11/h3-4,6-8,13H,5H2,1-2H3. The van der Waals surface area contributed by atoms with Gasteiger partial charge in [0, 0.05) is 0 Å². The third-order valence-corrected chi connectivity index (χ3v) is 2.48. The molecule has 0 bridgehead atoms. The highest BCUT2D eigenvalue weighted by molar-refractivity contribution is 5.60. The van der Waals surface area contributed by atoms with Crippen LogP contribution in [0.3, 0.4) is 0 Å². The number of aliphatic hydroxyl groups is 1. The van der Waals surface area contributed by atoms with Crippen LogP contribution < -0.4 is 0 Å². The van der Waals surface area contributed by atoms with Crippen LogP contribution in [-0.4, -0.2) is 5.11 Å². The van der Waals surface area contributed by atoms with E-state index in [1.807, 2.05) is 19.9 Å². The Morgan fingerprint density at radius 2 is 2.08 bits per heavy atom. The SMILES string of the molecule is CC(C)(O)c1ccc2c(c1)CC=C2. The van der Waals surface area contributed by atoms with Gasteiger partial charge in [0.1, 0.15) is 0 Å². The van der Waals surface area contributed by atoms with E-state index >= 15 is 0 Å². The molecule has 1 aliphatic carbocycles. The van der Waals surface area contributed by atoms with Gasteiger partial charge in [-0.3, -0.25) is 0 Å². The Labute approximate surface area is 78.7 Å². The van der Waals surface area contributed by atoms with Crippen LogP contribution in [0.2, 0.25) is 0 Å². The van der Waals surface area contributed by atoms with Crippen LogP contribution in [-0.2, 0) is 12.0 Å². The summed E-state index contributed by atoms with van der Waals surface area (Å²) in [6.07, 6.45) is 5.28. The molecule has 0 aliphatic heterocycles. The molecule has 2 rings (SSSR count). The van der Waals surface area contributed by atoms with Crippen LogP contribution in [0, 0.1) is 0 Å². The van der Waals surface area contributed by atoms with Gasteiger partial charge in [0.05, 0.1) is 5.60 Å². The molecule has 1 aliphatic rings. The first-order chi connectivity index (χ1) is 6.07. The summed E-state index contributed by atoms with van der Waals surface area (Å²) >= 11 is 0. The first kappa shape index (κ1) is 8.52. The molecule has 1 heteroatoms. The molecule has 13 heavy (non-hydrogen) atoms. The van der Waals surface area contributed by atoms with Crippen LogP contribution in [0.5, 0.6) is 0 Å². The van der Waals surface area contributed by atoms with E-state index in [4.69, 9.17) is 0 Å². The lowest BCUT2D eigenvalue weighted by molar-refractivity contribution is 0.0785. The highest BCUT2D eigenvalue weighted by Gasteiger charge is 2.17. The molecule has 1 N–H and O–H groups in total. The number of rotatable bonds is 1. The quantitative estimate of drug-likeness (QED) is 0.693. The molecule has 0 amide bonds. The Kier molecular flexibility index (Phi) is 1.77. The predicted octanol–water partition coefficient (Wildman–Crippen LogP) is 2.48. The molecule has 68 valence electrons. The van der Waals surface area contributed by atoms with Crippen LogP contribution in [0.15, 0.2) is 24.3 Å². The van der Waals surface area contributed by atoms with Crippen molar-refractivity contribution < 1.29 is 5.11 Å². The fraction of sp³-hybridized carbons (Fsp3) is 0.333. The van der Waals surface area contributed by atoms with Gasteiger partial charge in [-0.05, 0) is 37.0 Å². The molecular weight excluding hydrogens is 160 g/mol. The van der Waals surface area contributed by atoms with Gasteiger partial charge in [-0.25, -0.2) is 0 Å². The van der Waals surface area contributed by atoms with E-state index in [9.17, 15) is 5.11 Å². The number of allylic oxidation sites excluding steroid dienone is 1. The van der Waals surface area contributed by atoms with Crippen molar-refractivity contribution in [1.82, 2.24) is 0 Å². The summed E-state index contributed by atoms with van der Waals surface area (Å²) in [7, 11) is 0. The maximum atomic E-state index is 9.80. The average Bonchev–Trinajstić information content (AvgIpc) is 2.47. The first-order valence-electron chi connectivity index (χ1n) is 4.60. The summed E-state index contributed by atoms with van der Waals surface area (Å²) in [5.74, 6) is 0. The van der Waals surface area contributed by atoms with E-state index in [1.54, 1.807) is 0 Å². The van der Waals surface area contributed by atoms with Crippen LogP contribution in [0.4, 0.5) is 0 Å². The molecule has 0 unspecified atom stereocenters. The number of benzene rings is 1. The molecule has 0 atom stereocenters. The molecular formula is C12H14O. The fourth-order valence-electron chi connectivity index (χ4n) is 1.64. The topological polar surface area (TPSA) is 20.2 Å². The Hall–Kier alpha value is -1.08. The second-order valence-electron chi connectivity index (χ2n) is 4.08. The van der Waals surface area contributed by atoms with Crippen molar-refractivity contribution in [2.75, 3.05) is 0 Å². The third kappa shape index (κ3) is 1.52. The molecule has 0 heterocycles. The molecule has 0 radical (unpaired) electrons. The monoisotopic (exact) mass is 174 g/mol. The lowest BCUT2D eigenvalue weighted by Gasteiger charge is -2.18. The molecule has 0 fully saturated rings. The van der Waals surface area contributed by atoms with Gasteiger partial charge in [-0.1, -0.05) is 30.4 Å². The maximum absolute atomic E-state index is 9.80. The van der Waals surface area contributed by atoms with E-state index in [2.05, 4.69) is 24.3 Å². The van der Waals surface area contributed by atoms with Crippen LogP contribution in [0.25, 0.3) is 6.08 Å². The summed E-state index contributed by atoms with van der Waals surface area (Å²) in [6.45, 7) is 3.63. The first-order valence-corrected chi connectivity index (χ1v) is 4.60. The Morgan fingerprint density at radius 3 is 2.77 bits per heavy atom. The van der Waals surface area contributed by atoms with Crippen molar-refractivity contribution >= 4 is 6.08 Å². The predicted molar refractivity (Wildman–Crippen MR) is 54.4 cm³/mol. The van der Waals surface area contributed by atoms with Gasteiger partial charge < -0.3 is 5.11 Å². The molecule has 0 saturated carbocycles. The normalized spacial score (nSPS) is 14.7. The minimum atomic E-state index is -0.725. The van der Waals surface area contributed by atoms with E-state index < -0.39 is 5.60 Å². The summed E-state index contributed by atoms with van der Waals surface area (Å²) in [5, 5.41) is 9.80. The highest BCUT2D eigenvalue weighted by Crippen LogP contribution is 2.26. The minimum Gasteiger partial charge on any atom is -0.386 e. The number of fused-ring (bicyclic) bond motifs is 1. The van der Waals surface area contributed by atoms with Gasteiger partial charge in [0.15, 0.2) is 0 Å². The van der Waals surface area contributed by atoms with Crippen molar-refractivity contribution in [3.05, 3.63) is 41.0 Å². The number of hydrogen-bond acceptors (Lipinski definition) is 1. The molecule has 0 saturated heterocycles. The van der Waals surface area contributed by atoms with Gasteiger partial charge in [-0.15, -0.1) is 0 Å². The Bertz CT molecular complexity index is 356. The highest BCUT2D eigenvalue weighted by atomic mass is 16.3. The van der Waals surface area contributed by atoms with Crippen molar-refractivity contribution in [2.45, 2.75) is 25.9 Å². The summed E-state index contributed by atoms with van der Waals surface area (Å²) < 4.78 is 0. The van der Waals surface area contributed by atoms with Crippen molar-refractivity contribution in [2.24, 2.45) is 0 Å². The summed E-state index contributed by atoms with van der Waals surface area (Å²) in [6, 6.07) is 6.16. The third-order valence-electron chi connectivity index (χ3n) is 2.48. The fourth-order valence-corrected chi connectivity index (χ4v) is 1.64. The Morgan fingerprint density at radius 1 is 1.31 bits per heavy atom. The van der Waals surface area contributed by atoms with Gasteiger partial charge in [0.25, 0.3) is 0 Å². The molecule has 0 aromatic heterocycles. The van der Waals surface area contributed by atoms with Crippen LogP contribution >= 0.6 is 0 Å². The Balaban J connectivity index is 2.45. The summed E-state index contributed by atoms with van der Waals surface area (Å²) in [4.78, 5) is 0. The van der Waals surface area contributed by atoms with Gasteiger partial charge >= 0.3 is 0 Å². The smallest absolute Gasteiger partial charge is 0.0840 e. The number of hydrogen-bond donors (Lipinski definition) is 1. The molecule has 1 nitrogen and oxygen atoms in total. The molecule has 0 spiro atoms. The van der Waals surface area contributed by atoms with Crippen LogP contribution in [0.1, 0.15) is 30.5 Å². The maximum Gasteiger partial charge on any atom is 0.0840 e.